The van der Waals surface area contributed by atoms with Gasteiger partial charge in [0, 0.05) is 6.04 Å². The Bertz CT molecular complexity index is 1310. The van der Waals surface area contributed by atoms with E-state index in [0.717, 1.165) is 6.42 Å². The molecule has 2 heterocycles. The van der Waals surface area contributed by atoms with Crippen LogP contribution in [-0.4, -0.2) is 19.5 Å². The zero-order valence-corrected chi connectivity index (χ0v) is 17.4. The van der Waals surface area contributed by atoms with Crippen molar-refractivity contribution in [2.24, 2.45) is 0 Å². The molecule has 4 rings (SSSR count). The number of H-pyrrole nitrogens is 1. The summed E-state index contributed by atoms with van der Waals surface area (Å²) in [5.74, 6) is 0.566. The molecule has 2 atom stereocenters. The van der Waals surface area contributed by atoms with E-state index in [1.807, 2.05) is 63.2 Å². The molecule has 0 amide bonds. The molecule has 2 aromatic carbocycles. The highest BCUT2D eigenvalue weighted by molar-refractivity contribution is 7.99. The number of nitrogens with one attached hydrogen (secondary N) is 1. The van der Waals surface area contributed by atoms with Gasteiger partial charge in [-0.15, -0.1) is 0 Å². The molecule has 1 N–H and O–H groups in total. The maximum absolute atomic E-state index is 13.1. The fourth-order valence-corrected chi connectivity index (χ4v) is 4.36. The average molecular weight is 407 g/mol. The monoisotopic (exact) mass is 406 g/mol. The fourth-order valence-electron chi connectivity index (χ4n) is 3.29. The maximum Gasteiger partial charge on any atom is 0.262 e. The van der Waals surface area contributed by atoms with Gasteiger partial charge in [0.05, 0.1) is 27.1 Å². The van der Waals surface area contributed by atoms with E-state index in [9.17, 15) is 9.59 Å². The molecule has 0 radical (unpaired) electrons. The number of benzene rings is 2. The van der Waals surface area contributed by atoms with Crippen molar-refractivity contribution in [2.75, 3.05) is 0 Å². The predicted octanol–water partition coefficient (Wildman–Crippen LogP) is 4.46. The van der Waals surface area contributed by atoms with E-state index in [-0.39, 0.29) is 22.4 Å². The van der Waals surface area contributed by atoms with Crippen LogP contribution in [0.2, 0.25) is 0 Å². The Balaban J connectivity index is 1.81. The third-order valence-electron chi connectivity index (χ3n) is 5.11. The Kier molecular flexibility index (Phi) is 5.24. The highest BCUT2D eigenvalue weighted by atomic mass is 32.2. The Morgan fingerprint density at radius 3 is 2.28 bits per heavy atom. The second-order valence-electron chi connectivity index (χ2n) is 7.07. The van der Waals surface area contributed by atoms with Crippen LogP contribution in [0.3, 0.4) is 0 Å². The number of rotatable bonds is 5. The van der Waals surface area contributed by atoms with Gasteiger partial charge < -0.3 is 4.98 Å². The number of aromatic nitrogens is 4. The molecule has 2 aromatic heterocycles. The predicted molar refractivity (Wildman–Crippen MR) is 118 cm³/mol. The van der Waals surface area contributed by atoms with Gasteiger partial charge in [-0.3, -0.25) is 14.2 Å². The van der Waals surface area contributed by atoms with E-state index in [1.165, 1.54) is 11.8 Å². The lowest BCUT2D eigenvalue weighted by Crippen LogP contribution is -2.26. The summed E-state index contributed by atoms with van der Waals surface area (Å²) < 4.78 is 1.75. The Hall–Kier alpha value is -2.93. The SMILES string of the molecule is CC[C@@H](C)n1c(S[C@H](C)c2nc3ccccc3c(=O)[nH]2)nc2ccccc2c1=O. The van der Waals surface area contributed by atoms with E-state index >= 15 is 0 Å². The summed E-state index contributed by atoms with van der Waals surface area (Å²) in [4.78, 5) is 37.8. The first-order valence-corrected chi connectivity index (χ1v) is 10.5. The Morgan fingerprint density at radius 1 is 0.966 bits per heavy atom. The van der Waals surface area contributed by atoms with Gasteiger partial charge in [0.1, 0.15) is 5.82 Å². The molecule has 0 bridgehead atoms. The third-order valence-corrected chi connectivity index (χ3v) is 6.18. The van der Waals surface area contributed by atoms with Crippen LogP contribution in [0, 0.1) is 0 Å². The van der Waals surface area contributed by atoms with Crippen LogP contribution in [0.4, 0.5) is 0 Å². The van der Waals surface area contributed by atoms with E-state index in [4.69, 9.17) is 4.98 Å². The number of thioether (sulfide) groups is 1. The highest BCUT2D eigenvalue weighted by Gasteiger charge is 2.20. The molecular weight excluding hydrogens is 384 g/mol. The molecule has 4 aromatic rings. The van der Waals surface area contributed by atoms with E-state index in [2.05, 4.69) is 9.97 Å². The topological polar surface area (TPSA) is 80.6 Å². The smallest absolute Gasteiger partial charge is 0.262 e. The van der Waals surface area contributed by atoms with E-state index in [1.54, 1.807) is 10.6 Å². The van der Waals surface area contributed by atoms with Gasteiger partial charge in [0.2, 0.25) is 0 Å². The van der Waals surface area contributed by atoms with Crippen LogP contribution >= 0.6 is 11.8 Å². The third kappa shape index (κ3) is 3.58. The molecular formula is C22H22N4O2S. The molecule has 6 nitrogen and oxygen atoms in total. The molecule has 0 saturated heterocycles. The maximum atomic E-state index is 13.1. The summed E-state index contributed by atoms with van der Waals surface area (Å²) in [6, 6.07) is 14.7. The van der Waals surface area contributed by atoms with Crippen molar-refractivity contribution >= 4 is 33.6 Å². The van der Waals surface area contributed by atoms with Gasteiger partial charge in [-0.1, -0.05) is 43.0 Å². The fraction of sp³-hybridized carbons (Fsp3) is 0.273. The van der Waals surface area contributed by atoms with Crippen LogP contribution in [0.1, 0.15) is 44.3 Å². The first-order chi connectivity index (χ1) is 14.0. The van der Waals surface area contributed by atoms with Gasteiger partial charge in [0.25, 0.3) is 11.1 Å². The lowest BCUT2D eigenvalue weighted by atomic mass is 10.2. The quantitative estimate of drug-likeness (QED) is 0.391. The minimum absolute atomic E-state index is 0.0120. The zero-order valence-electron chi connectivity index (χ0n) is 16.5. The second kappa shape index (κ2) is 7.83. The van der Waals surface area contributed by atoms with Gasteiger partial charge in [0.15, 0.2) is 5.16 Å². The van der Waals surface area contributed by atoms with Crippen LogP contribution in [0.25, 0.3) is 21.8 Å². The number of aromatic amines is 1. The standard InChI is InChI=1S/C22H22N4O2S/c1-4-13(2)26-21(28)16-10-6-8-12-18(16)24-22(26)29-14(3)19-23-17-11-7-5-9-15(17)20(27)25-19/h5-14H,4H2,1-3H3,(H,23,25,27)/t13-,14-/m1/s1. The summed E-state index contributed by atoms with van der Waals surface area (Å²) in [7, 11) is 0. The normalized spacial score (nSPS) is 13.6. The zero-order chi connectivity index (χ0) is 20.5. The number of fused-ring (bicyclic) bond motifs is 2. The van der Waals surface area contributed by atoms with Crippen LogP contribution in [-0.2, 0) is 0 Å². The Labute approximate surface area is 172 Å². The van der Waals surface area contributed by atoms with Crippen molar-refractivity contribution in [1.29, 1.82) is 0 Å². The minimum atomic E-state index is -0.185. The van der Waals surface area contributed by atoms with Gasteiger partial charge in [-0.05, 0) is 44.5 Å². The lowest BCUT2D eigenvalue weighted by molar-refractivity contribution is 0.467. The molecule has 0 aliphatic carbocycles. The highest BCUT2D eigenvalue weighted by Crippen LogP contribution is 2.33. The molecule has 29 heavy (non-hydrogen) atoms. The summed E-state index contributed by atoms with van der Waals surface area (Å²) in [6.45, 7) is 6.02. The lowest BCUT2D eigenvalue weighted by Gasteiger charge is -2.20. The summed E-state index contributed by atoms with van der Waals surface area (Å²) >= 11 is 1.43. The van der Waals surface area contributed by atoms with Gasteiger partial charge in [-0.2, -0.15) is 0 Å². The van der Waals surface area contributed by atoms with Crippen molar-refractivity contribution < 1.29 is 0 Å². The molecule has 0 saturated carbocycles. The largest absolute Gasteiger partial charge is 0.309 e. The molecule has 7 heteroatoms. The van der Waals surface area contributed by atoms with Gasteiger partial charge >= 0.3 is 0 Å². The second-order valence-corrected chi connectivity index (χ2v) is 8.38. The van der Waals surface area contributed by atoms with Crippen molar-refractivity contribution in [1.82, 2.24) is 19.5 Å². The van der Waals surface area contributed by atoms with Crippen molar-refractivity contribution in [2.45, 2.75) is 43.6 Å². The average Bonchev–Trinajstić information content (AvgIpc) is 2.73. The number of nitrogens with zero attached hydrogens (tertiary/aromatic N) is 3. The molecule has 0 spiro atoms. The first-order valence-electron chi connectivity index (χ1n) is 9.66. The van der Waals surface area contributed by atoms with Crippen molar-refractivity contribution in [3.8, 4) is 0 Å². The Morgan fingerprint density at radius 2 is 1.59 bits per heavy atom. The number of hydrogen-bond acceptors (Lipinski definition) is 5. The van der Waals surface area contributed by atoms with Crippen molar-refractivity contribution in [3.05, 3.63) is 75.1 Å². The van der Waals surface area contributed by atoms with Crippen molar-refractivity contribution in [3.63, 3.8) is 0 Å². The van der Waals surface area contributed by atoms with Crippen LogP contribution < -0.4 is 11.1 Å². The van der Waals surface area contributed by atoms with Crippen LogP contribution in [0.5, 0.6) is 0 Å². The summed E-state index contributed by atoms with van der Waals surface area (Å²) in [6.07, 6.45) is 0.812. The van der Waals surface area contributed by atoms with E-state index in [0.29, 0.717) is 32.8 Å². The van der Waals surface area contributed by atoms with Crippen LogP contribution in [0.15, 0.2) is 63.3 Å². The number of hydrogen-bond donors (Lipinski definition) is 1. The minimum Gasteiger partial charge on any atom is -0.309 e. The van der Waals surface area contributed by atoms with E-state index < -0.39 is 0 Å². The molecule has 0 aliphatic rings. The number of para-hydroxylation sites is 2. The van der Waals surface area contributed by atoms with Gasteiger partial charge in [-0.25, -0.2) is 9.97 Å². The summed E-state index contributed by atoms with van der Waals surface area (Å²) in [5, 5.41) is 1.62. The molecule has 0 unspecified atom stereocenters. The molecule has 0 aliphatic heterocycles. The molecule has 148 valence electrons. The molecule has 0 fully saturated rings. The first kappa shape index (κ1) is 19.4. The summed E-state index contributed by atoms with van der Waals surface area (Å²) in [5.41, 5.74) is 1.12.